The average Bonchev–Trinajstić information content (AvgIpc) is 3.56. The van der Waals surface area contributed by atoms with Crippen LogP contribution in [0.5, 0.6) is 0 Å². The monoisotopic (exact) mass is 536 g/mol. The molecule has 1 saturated heterocycles. The number of halogens is 1. The molecule has 4 aromatic rings. The van der Waals surface area contributed by atoms with Crippen LogP contribution in [0.15, 0.2) is 81.8 Å². The Balaban J connectivity index is 1.72. The van der Waals surface area contributed by atoms with Gasteiger partial charge in [-0.25, -0.2) is 19.1 Å². The number of aliphatic imine (C=N–C) groups is 1. The molecule has 2 aromatic carbocycles. The predicted molar refractivity (Wildman–Crippen MR) is 149 cm³/mol. The smallest absolute Gasteiger partial charge is 0.170 e. The van der Waals surface area contributed by atoms with Gasteiger partial charge in [0.15, 0.2) is 19.0 Å². The minimum absolute atomic E-state index is 0.633. The molecule has 2 aliphatic heterocycles. The van der Waals surface area contributed by atoms with Crippen molar-refractivity contribution in [2.75, 3.05) is 33.4 Å². The van der Waals surface area contributed by atoms with Gasteiger partial charge in [0, 0.05) is 20.1 Å². The number of benzene rings is 2. The highest BCUT2D eigenvalue weighted by Crippen LogP contribution is 2.62. The summed E-state index contributed by atoms with van der Waals surface area (Å²) in [5.74, 6) is 1.72. The maximum absolute atomic E-state index is 6.71. The molecule has 7 nitrogen and oxygen atoms in total. The second kappa shape index (κ2) is 9.61. The second-order valence-electron chi connectivity index (χ2n) is 8.63. The molecule has 2 aliphatic rings. The third-order valence-electron chi connectivity index (χ3n) is 6.47. The number of amidine groups is 1. The zero-order chi connectivity index (χ0) is 24.7. The number of fused-ring (bicyclic) bond motifs is 1. The maximum Gasteiger partial charge on any atom is 0.170 e. The van der Waals surface area contributed by atoms with Crippen LogP contribution in [0.4, 0.5) is 11.5 Å². The normalized spacial score (nSPS) is 20.2. The summed E-state index contributed by atoms with van der Waals surface area (Å²) in [6, 6.07) is 22.2. The van der Waals surface area contributed by atoms with Gasteiger partial charge >= 0.3 is 0 Å². The van der Waals surface area contributed by atoms with Crippen molar-refractivity contribution < 1.29 is 4.74 Å². The minimum atomic E-state index is -2.61. The van der Waals surface area contributed by atoms with Crippen molar-refractivity contribution >= 4 is 52.9 Å². The van der Waals surface area contributed by atoms with E-state index in [1.165, 1.54) is 0 Å². The molecule has 0 radical (unpaired) electrons. The number of morpholine rings is 1. The van der Waals surface area contributed by atoms with E-state index in [1.807, 2.05) is 47.1 Å². The fourth-order valence-corrected chi connectivity index (χ4v) is 9.69. The van der Waals surface area contributed by atoms with Crippen molar-refractivity contribution in [3.05, 3.63) is 87.7 Å². The van der Waals surface area contributed by atoms with Crippen LogP contribution >= 0.6 is 30.3 Å². The number of para-hydroxylation sites is 1. The van der Waals surface area contributed by atoms with E-state index in [0.29, 0.717) is 18.2 Å². The Morgan fingerprint density at radius 2 is 1.75 bits per heavy atom. The molecule has 1 fully saturated rings. The highest BCUT2D eigenvalue weighted by atomic mass is 35.5. The molecule has 0 bridgehead atoms. The lowest BCUT2D eigenvalue weighted by atomic mass is 10.3. The van der Waals surface area contributed by atoms with Crippen LogP contribution in [-0.2, 0) is 4.74 Å². The average molecular weight is 537 g/mol. The van der Waals surface area contributed by atoms with Crippen LogP contribution in [0.1, 0.15) is 10.6 Å². The molecular formula is C26H26ClN6OPS. The Labute approximate surface area is 219 Å². The highest BCUT2D eigenvalue weighted by Gasteiger charge is 2.45. The van der Waals surface area contributed by atoms with E-state index in [1.54, 1.807) is 11.3 Å². The Bertz CT molecular complexity index is 1480. The van der Waals surface area contributed by atoms with Crippen molar-refractivity contribution in [2.45, 2.75) is 6.92 Å². The Morgan fingerprint density at radius 1 is 1.00 bits per heavy atom. The second-order valence-corrected chi connectivity index (χ2v) is 12.9. The number of nitrogens with zero attached hydrogens (tertiary/aromatic N) is 6. The first kappa shape index (κ1) is 23.6. The number of thiophene rings is 1. The lowest BCUT2D eigenvalue weighted by Gasteiger charge is -2.46. The van der Waals surface area contributed by atoms with Crippen LogP contribution in [-0.4, -0.2) is 58.3 Å². The van der Waals surface area contributed by atoms with E-state index >= 15 is 0 Å². The van der Waals surface area contributed by atoms with E-state index < -0.39 is 7.36 Å². The van der Waals surface area contributed by atoms with Gasteiger partial charge in [-0.15, -0.1) is 11.3 Å². The summed E-state index contributed by atoms with van der Waals surface area (Å²) in [7, 11) is -0.495. The first-order valence-corrected chi connectivity index (χ1v) is 14.7. The molecule has 1 atom stereocenters. The zero-order valence-electron chi connectivity index (χ0n) is 20.1. The highest BCUT2D eigenvalue weighted by molar-refractivity contribution is 7.70. The van der Waals surface area contributed by atoms with Crippen LogP contribution in [0.2, 0.25) is 5.02 Å². The number of hydrogen-bond acceptors (Lipinski definition) is 5. The van der Waals surface area contributed by atoms with Gasteiger partial charge in [-0.2, -0.15) is 5.10 Å². The zero-order valence-corrected chi connectivity index (χ0v) is 22.5. The summed E-state index contributed by atoms with van der Waals surface area (Å²) in [6.45, 7) is 4.90. The third kappa shape index (κ3) is 3.85. The third-order valence-corrected chi connectivity index (χ3v) is 11.5. The van der Waals surface area contributed by atoms with Gasteiger partial charge in [0.25, 0.3) is 0 Å². The van der Waals surface area contributed by atoms with Gasteiger partial charge in [-0.1, -0.05) is 48.0 Å². The number of ether oxygens (including phenoxy) is 1. The quantitative estimate of drug-likeness (QED) is 0.290. The van der Waals surface area contributed by atoms with Crippen molar-refractivity contribution in [1.82, 2.24) is 19.1 Å². The van der Waals surface area contributed by atoms with Gasteiger partial charge in [0.1, 0.15) is 0 Å². The summed E-state index contributed by atoms with van der Waals surface area (Å²) in [6.07, 6.45) is 0. The Morgan fingerprint density at radius 3 is 2.47 bits per heavy atom. The van der Waals surface area contributed by atoms with E-state index in [-0.39, 0.29) is 0 Å². The van der Waals surface area contributed by atoms with Crippen LogP contribution in [0, 0.1) is 6.92 Å². The fourth-order valence-electron chi connectivity index (χ4n) is 4.81. The fraction of sp³-hybridized carbons (Fsp3) is 0.231. The summed E-state index contributed by atoms with van der Waals surface area (Å²) in [5.41, 5.74) is 2.67. The molecule has 6 rings (SSSR count). The summed E-state index contributed by atoms with van der Waals surface area (Å²) < 4.78 is 18.1. The lowest BCUT2D eigenvalue weighted by Crippen LogP contribution is -2.45. The molecule has 0 spiro atoms. The number of hydrogen-bond donors (Lipinski definition) is 0. The van der Waals surface area contributed by atoms with E-state index in [9.17, 15) is 0 Å². The molecule has 0 aliphatic carbocycles. The van der Waals surface area contributed by atoms with Crippen LogP contribution in [0.25, 0.3) is 5.69 Å². The molecule has 2 aromatic heterocycles. The maximum atomic E-state index is 6.71. The van der Waals surface area contributed by atoms with E-state index in [4.69, 9.17) is 31.2 Å². The van der Waals surface area contributed by atoms with Gasteiger partial charge in [0.05, 0.1) is 45.5 Å². The van der Waals surface area contributed by atoms with Crippen LogP contribution < -0.4 is 5.30 Å². The van der Waals surface area contributed by atoms with Crippen molar-refractivity contribution in [1.29, 1.82) is 0 Å². The van der Waals surface area contributed by atoms with Crippen molar-refractivity contribution in [3.63, 3.8) is 0 Å². The van der Waals surface area contributed by atoms with Crippen molar-refractivity contribution in [3.8, 4) is 5.69 Å². The summed E-state index contributed by atoms with van der Waals surface area (Å²) in [4.78, 5) is 6.34. The molecule has 0 amide bonds. The van der Waals surface area contributed by atoms with E-state index in [0.717, 1.165) is 52.0 Å². The molecule has 4 heterocycles. The molecule has 10 heteroatoms. The first-order chi connectivity index (χ1) is 17.6. The molecular weight excluding hydrogens is 511 g/mol. The van der Waals surface area contributed by atoms with E-state index in [2.05, 4.69) is 53.0 Å². The minimum Gasteiger partial charge on any atom is -0.379 e. The first-order valence-electron chi connectivity index (χ1n) is 11.8. The number of aromatic nitrogens is 2. The Hall–Kier alpha value is -2.74. The predicted octanol–water partition coefficient (Wildman–Crippen LogP) is 6.24. The van der Waals surface area contributed by atoms with Gasteiger partial charge in [-0.3, -0.25) is 0 Å². The number of aryl methyl sites for hydroxylation is 1. The van der Waals surface area contributed by atoms with Gasteiger partial charge < -0.3 is 9.41 Å². The molecule has 0 unspecified atom stereocenters. The van der Waals surface area contributed by atoms with Crippen LogP contribution in [0.3, 0.4) is 0 Å². The lowest BCUT2D eigenvalue weighted by molar-refractivity contribution is 0.0732. The standard InChI is InChI=1S/C26H26ClN6OPS/c1-19-24-26(33(29-19)20-9-4-3-5-10-20)28-25(23-13-8-18-36-23)31(2)35(24,32-14-16-34-17-15-32)30-22-12-7-6-11-21(22)27/h3-13,18H,14-17H2,1-2H3/t35-/m1/s1. The van der Waals surface area contributed by atoms with Gasteiger partial charge in [-0.05, 0) is 42.6 Å². The molecule has 0 N–H and O–H groups in total. The Kier molecular flexibility index (Phi) is 6.32. The van der Waals surface area contributed by atoms with Gasteiger partial charge in [0.2, 0.25) is 0 Å². The summed E-state index contributed by atoms with van der Waals surface area (Å²) in [5, 5.41) is 8.81. The molecule has 184 valence electrons. The molecule has 36 heavy (non-hydrogen) atoms. The van der Waals surface area contributed by atoms with Crippen molar-refractivity contribution in [2.24, 2.45) is 9.74 Å². The molecule has 0 saturated carbocycles. The summed E-state index contributed by atoms with van der Waals surface area (Å²) >= 11 is 8.39. The largest absolute Gasteiger partial charge is 0.379 e. The SMILES string of the molecule is Cc1nn(-c2ccccc2)c2c1[P@](=Nc1ccccc1Cl)(N1CCOCC1)N(C)C(c1cccs1)=N2. The number of rotatable bonds is 4. The topological polar surface area (TPSA) is 58.3 Å².